The maximum absolute atomic E-state index is 13.1. The molecule has 1 saturated heterocycles. The van der Waals surface area contributed by atoms with Crippen molar-refractivity contribution in [3.05, 3.63) is 45.7 Å². The van der Waals surface area contributed by atoms with Gasteiger partial charge in [0.1, 0.15) is 0 Å². The molecule has 28 heavy (non-hydrogen) atoms. The number of halogens is 1. The van der Waals surface area contributed by atoms with Crippen molar-refractivity contribution in [1.29, 1.82) is 0 Å². The second-order valence-corrected chi connectivity index (χ2v) is 10.4. The molecule has 152 valence electrons. The molecule has 6 nitrogen and oxygen atoms in total. The number of hydrogen-bond donors (Lipinski definition) is 0. The Bertz CT molecular complexity index is 967. The van der Waals surface area contributed by atoms with Crippen LogP contribution in [-0.4, -0.2) is 53.1 Å². The molecule has 3 rings (SSSR count). The lowest BCUT2D eigenvalue weighted by Gasteiger charge is -2.28. The molecule has 0 bridgehead atoms. The lowest BCUT2D eigenvalue weighted by atomic mass is 10.1. The first-order valence-electron chi connectivity index (χ1n) is 9.57. The number of aromatic nitrogens is 2. The molecule has 1 amide bonds. The zero-order valence-corrected chi connectivity index (χ0v) is 18.9. The minimum absolute atomic E-state index is 0.0698. The smallest absolute Gasteiger partial charge is 0.254 e. The van der Waals surface area contributed by atoms with Crippen molar-refractivity contribution in [3.8, 4) is 5.69 Å². The average molecular weight is 468 g/mol. The Balaban J connectivity index is 1.84. The third-order valence-corrected chi connectivity index (χ3v) is 8.12. The van der Waals surface area contributed by atoms with E-state index in [-0.39, 0.29) is 23.5 Å². The standard InChI is InChI=1S/C20H26BrN3O3S/c1-4-5-11-23(18-10-12-28(26,27)13-18)20(25)16-6-8-17(9-7-16)24-15(3)19(21)14(2)22-24/h6-9,18H,4-5,10-13H2,1-3H3. The Morgan fingerprint density at radius 2 is 1.96 bits per heavy atom. The maximum atomic E-state index is 13.1. The van der Waals surface area contributed by atoms with E-state index in [1.807, 2.05) is 30.7 Å². The van der Waals surface area contributed by atoms with E-state index in [1.165, 1.54) is 0 Å². The number of hydrogen-bond acceptors (Lipinski definition) is 4. The molecule has 2 heterocycles. The zero-order valence-electron chi connectivity index (χ0n) is 16.5. The molecule has 0 spiro atoms. The highest BCUT2D eigenvalue weighted by Gasteiger charge is 2.34. The van der Waals surface area contributed by atoms with Gasteiger partial charge in [0.15, 0.2) is 9.84 Å². The van der Waals surface area contributed by atoms with Crippen LogP contribution in [0.3, 0.4) is 0 Å². The topological polar surface area (TPSA) is 72.3 Å². The van der Waals surface area contributed by atoms with E-state index < -0.39 is 9.84 Å². The fraction of sp³-hybridized carbons (Fsp3) is 0.500. The Morgan fingerprint density at radius 1 is 1.29 bits per heavy atom. The number of unbranched alkanes of at least 4 members (excludes halogenated alkanes) is 1. The third kappa shape index (κ3) is 4.33. The highest BCUT2D eigenvalue weighted by Crippen LogP contribution is 2.24. The highest BCUT2D eigenvalue weighted by molar-refractivity contribution is 9.10. The van der Waals surface area contributed by atoms with E-state index in [2.05, 4.69) is 28.0 Å². The molecule has 0 N–H and O–H groups in total. The van der Waals surface area contributed by atoms with Gasteiger partial charge in [-0.25, -0.2) is 13.1 Å². The average Bonchev–Trinajstić information content (AvgIpc) is 3.16. The predicted molar refractivity (Wildman–Crippen MR) is 114 cm³/mol. The summed E-state index contributed by atoms with van der Waals surface area (Å²) in [5.41, 5.74) is 3.36. The monoisotopic (exact) mass is 467 g/mol. The van der Waals surface area contributed by atoms with Crippen LogP contribution in [0.5, 0.6) is 0 Å². The van der Waals surface area contributed by atoms with E-state index in [9.17, 15) is 13.2 Å². The molecular weight excluding hydrogens is 442 g/mol. The molecule has 8 heteroatoms. The Hall–Kier alpha value is -1.67. The summed E-state index contributed by atoms with van der Waals surface area (Å²) in [6.45, 7) is 6.57. The largest absolute Gasteiger partial charge is 0.335 e. The molecule has 1 unspecified atom stereocenters. The fourth-order valence-corrected chi connectivity index (χ4v) is 5.56. The van der Waals surface area contributed by atoms with Gasteiger partial charge >= 0.3 is 0 Å². The van der Waals surface area contributed by atoms with Gasteiger partial charge in [-0.1, -0.05) is 13.3 Å². The Morgan fingerprint density at radius 3 is 2.46 bits per heavy atom. The van der Waals surface area contributed by atoms with Crippen molar-refractivity contribution in [2.24, 2.45) is 0 Å². The summed E-state index contributed by atoms with van der Waals surface area (Å²) in [6, 6.07) is 7.12. The first-order valence-corrected chi connectivity index (χ1v) is 12.2. The molecule has 1 aliphatic heterocycles. The second kappa shape index (κ2) is 8.37. The number of aryl methyl sites for hydroxylation is 1. The van der Waals surface area contributed by atoms with Crippen molar-refractivity contribution in [2.45, 2.75) is 46.1 Å². The van der Waals surface area contributed by atoms with Gasteiger partial charge in [-0.15, -0.1) is 0 Å². The molecule has 1 fully saturated rings. The van der Waals surface area contributed by atoms with Crippen LogP contribution < -0.4 is 0 Å². The van der Waals surface area contributed by atoms with Crippen molar-refractivity contribution < 1.29 is 13.2 Å². The van der Waals surface area contributed by atoms with Crippen LogP contribution in [0, 0.1) is 13.8 Å². The van der Waals surface area contributed by atoms with Crippen LogP contribution in [0.25, 0.3) is 5.69 Å². The van der Waals surface area contributed by atoms with Gasteiger partial charge < -0.3 is 4.90 Å². The number of sulfone groups is 1. The zero-order chi connectivity index (χ0) is 20.5. The van der Waals surface area contributed by atoms with Crippen LogP contribution in [0.2, 0.25) is 0 Å². The van der Waals surface area contributed by atoms with E-state index in [0.717, 1.165) is 34.4 Å². The van der Waals surface area contributed by atoms with Crippen LogP contribution in [0.1, 0.15) is 47.9 Å². The number of carbonyl (C=O) groups is 1. The maximum Gasteiger partial charge on any atom is 0.254 e. The van der Waals surface area contributed by atoms with Gasteiger partial charge in [-0.3, -0.25) is 4.79 Å². The molecule has 0 aliphatic carbocycles. The molecule has 1 aliphatic rings. The van der Waals surface area contributed by atoms with Crippen molar-refractivity contribution in [2.75, 3.05) is 18.1 Å². The van der Waals surface area contributed by atoms with E-state index >= 15 is 0 Å². The van der Waals surface area contributed by atoms with Gasteiger partial charge in [0.25, 0.3) is 5.91 Å². The van der Waals surface area contributed by atoms with Gasteiger partial charge in [-0.2, -0.15) is 5.10 Å². The highest BCUT2D eigenvalue weighted by atomic mass is 79.9. The number of benzene rings is 1. The molecule has 1 atom stereocenters. The van der Waals surface area contributed by atoms with Crippen LogP contribution in [0.15, 0.2) is 28.7 Å². The molecule has 1 aromatic heterocycles. The minimum atomic E-state index is -3.04. The molecule has 0 radical (unpaired) electrons. The van der Waals surface area contributed by atoms with E-state index in [4.69, 9.17) is 0 Å². The Labute approximate surface area is 175 Å². The van der Waals surface area contributed by atoms with Crippen LogP contribution >= 0.6 is 15.9 Å². The summed E-state index contributed by atoms with van der Waals surface area (Å²) in [6.07, 6.45) is 2.34. The number of carbonyl (C=O) groups excluding carboxylic acids is 1. The number of nitrogens with zero attached hydrogens (tertiary/aromatic N) is 3. The molecule has 1 aromatic carbocycles. The number of rotatable bonds is 6. The molecule has 2 aromatic rings. The lowest BCUT2D eigenvalue weighted by Crippen LogP contribution is -2.41. The normalized spacial score (nSPS) is 18.4. The van der Waals surface area contributed by atoms with Gasteiger partial charge in [0.2, 0.25) is 0 Å². The molecular formula is C20H26BrN3O3S. The second-order valence-electron chi connectivity index (χ2n) is 7.35. The first-order chi connectivity index (χ1) is 13.2. The van der Waals surface area contributed by atoms with Gasteiger partial charge in [0.05, 0.1) is 33.1 Å². The summed E-state index contributed by atoms with van der Waals surface area (Å²) < 4.78 is 26.6. The first kappa shape index (κ1) is 21.0. The lowest BCUT2D eigenvalue weighted by molar-refractivity contribution is 0.0694. The van der Waals surface area contributed by atoms with Gasteiger partial charge in [0, 0.05) is 18.2 Å². The summed E-state index contributed by atoms with van der Waals surface area (Å²) in [7, 11) is -3.04. The minimum Gasteiger partial charge on any atom is -0.335 e. The van der Waals surface area contributed by atoms with Crippen molar-refractivity contribution in [3.63, 3.8) is 0 Å². The van der Waals surface area contributed by atoms with E-state index in [1.54, 1.807) is 17.0 Å². The fourth-order valence-electron chi connectivity index (χ4n) is 3.59. The third-order valence-electron chi connectivity index (χ3n) is 5.22. The van der Waals surface area contributed by atoms with Gasteiger partial charge in [-0.05, 0) is 66.9 Å². The summed E-state index contributed by atoms with van der Waals surface area (Å²) in [5, 5.41) is 4.52. The van der Waals surface area contributed by atoms with Crippen LogP contribution in [-0.2, 0) is 9.84 Å². The van der Waals surface area contributed by atoms with Crippen molar-refractivity contribution >= 4 is 31.7 Å². The SMILES string of the molecule is CCCCN(C(=O)c1ccc(-n2nc(C)c(Br)c2C)cc1)C1CCS(=O)(=O)C1. The number of amides is 1. The summed E-state index contributed by atoms with van der Waals surface area (Å²) >= 11 is 3.53. The Kier molecular flexibility index (Phi) is 6.29. The predicted octanol–water partition coefficient (Wildman–Crippen LogP) is 3.68. The molecule has 0 saturated carbocycles. The quantitative estimate of drug-likeness (QED) is 0.649. The van der Waals surface area contributed by atoms with Crippen LogP contribution in [0.4, 0.5) is 0 Å². The summed E-state index contributed by atoms with van der Waals surface area (Å²) in [4.78, 5) is 14.9. The summed E-state index contributed by atoms with van der Waals surface area (Å²) in [5.74, 6) is 0.135. The van der Waals surface area contributed by atoms with E-state index in [0.29, 0.717) is 18.5 Å². The van der Waals surface area contributed by atoms with Crippen molar-refractivity contribution in [1.82, 2.24) is 14.7 Å².